The maximum Gasteiger partial charge on any atom is 0.408 e. The molecule has 0 radical (unpaired) electrons. The van der Waals surface area contributed by atoms with Gasteiger partial charge in [-0.2, -0.15) is 0 Å². The molecule has 0 unspecified atom stereocenters. The largest absolute Gasteiger partial charge is 0.465 e. The number of anilines is 2. The highest BCUT2D eigenvalue weighted by Gasteiger charge is 2.16. The molecule has 0 aromatic heterocycles. The number of hydrogen-bond donors (Lipinski definition) is 2. The van der Waals surface area contributed by atoms with E-state index in [2.05, 4.69) is 10.6 Å². The second-order valence-corrected chi connectivity index (χ2v) is 9.44. The first-order valence-corrected chi connectivity index (χ1v) is 11.7. The van der Waals surface area contributed by atoms with E-state index < -0.39 is 11.7 Å². The fraction of sp³-hybridized carbons (Fsp3) is 0.400. The van der Waals surface area contributed by atoms with Crippen LogP contribution in [0.15, 0.2) is 42.5 Å². The molecule has 2 aromatic carbocycles. The molecule has 0 saturated carbocycles. The molecule has 0 aliphatic rings. The zero-order valence-electron chi connectivity index (χ0n) is 19.6. The molecule has 7 nitrogen and oxygen atoms in total. The lowest BCUT2D eigenvalue weighted by molar-refractivity contribution is -0.142. The summed E-state index contributed by atoms with van der Waals surface area (Å²) in [4.78, 5) is 35.8. The van der Waals surface area contributed by atoms with Crippen molar-refractivity contribution in [3.05, 3.63) is 58.1 Å². The number of halogens is 2. The van der Waals surface area contributed by atoms with E-state index in [1.807, 2.05) is 24.3 Å². The van der Waals surface area contributed by atoms with Crippen LogP contribution in [0.3, 0.4) is 0 Å². The first-order valence-electron chi connectivity index (χ1n) is 11.0. The van der Waals surface area contributed by atoms with Crippen molar-refractivity contribution >= 4 is 52.4 Å². The molecule has 0 bridgehead atoms. The van der Waals surface area contributed by atoms with E-state index in [4.69, 9.17) is 32.7 Å². The first-order chi connectivity index (χ1) is 16.0. The van der Waals surface area contributed by atoms with Gasteiger partial charge in [0.05, 0.1) is 35.3 Å². The first kappa shape index (κ1) is 27.5. The Bertz CT molecular complexity index is 985. The van der Waals surface area contributed by atoms with Gasteiger partial charge in [0.25, 0.3) is 0 Å². The van der Waals surface area contributed by atoms with Crippen molar-refractivity contribution in [2.45, 2.75) is 52.1 Å². The zero-order valence-corrected chi connectivity index (χ0v) is 21.1. The molecule has 0 aliphatic carbocycles. The lowest BCUT2D eigenvalue weighted by Crippen LogP contribution is -2.35. The minimum absolute atomic E-state index is 0.0734. The highest BCUT2D eigenvalue weighted by Crippen LogP contribution is 2.33. The number of carbonyl (C=O) groups is 3. The van der Waals surface area contributed by atoms with Crippen LogP contribution in [-0.2, 0) is 25.5 Å². The summed E-state index contributed by atoms with van der Waals surface area (Å²) < 4.78 is 10.4. The minimum Gasteiger partial charge on any atom is -0.465 e. The van der Waals surface area contributed by atoms with Crippen molar-refractivity contribution in [3.8, 4) is 0 Å². The van der Waals surface area contributed by atoms with Crippen LogP contribution in [0.2, 0.25) is 10.0 Å². The summed E-state index contributed by atoms with van der Waals surface area (Å²) in [6.07, 6.45) is 0.814. The Hall–Kier alpha value is -2.77. The van der Waals surface area contributed by atoms with Gasteiger partial charge < -0.3 is 20.1 Å². The van der Waals surface area contributed by atoms with Crippen LogP contribution in [0.25, 0.3) is 0 Å². The van der Waals surface area contributed by atoms with Gasteiger partial charge in [-0.25, -0.2) is 4.79 Å². The van der Waals surface area contributed by atoms with Crippen molar-refractivity contribution in [1.82, 2.24) is 5.32 Å². The Balaban J connectivity index is 1.72. The maximum atomic E-state index is 12.3. The maximum absolute atomic E-state index is 12.3. The van der Waals surface area contributed by atoms with Crippen LogP contribution >= 0.6 is 23.2 Å². The van der Waals surface area contributed by atoms with Gasteiger partial charge in [-0.15, -0.1) is 0 Å². The van der Waals surface area contributed by atoms with Gasteiger partial charge in [0.1, 0.15) is 5.60 Å². The number of para-hydroxylation sites is 2. The normalized spacial score (nSPS) is 11.0. The number of unbranched alkanes of at least 4 members (excludes halogenated alkanes) is 1. The lowest BCUT2D eigenvalue weighted by Gasteiger charge is -2.19. The molecule has 2 rings (SSSR count). The summed E-state index contributed by atoms with van der Waals surface area (Å²) in [5.41, 5.74) is 1.40. The Labute approximate surface area is 210 Å². The topological polar surface area (TPSA) is 93.7 Å². The number of nitrogens with one attached hydrogen (secondary N) is 2. The van der Waals surface area contributed by atoms with E-state index in [0.29, 0.717) is 34.3 Å². The summed E-state index contributed by atoms with van der Waals surface area (Å²) in [6, 6.07) is 12.5. The SMILES string of the molecule is CC(C)(C)OC(=O)NCC(=O)CCCCOC(=O)Cc1ccccc1Nc1c(Cl)cccc1Cl. The van der Waals surface area contributed by atoms with E-state index in [9.17, 15) is 14.4 Å². The van der Waals surface area contributed by atoms with Crippen LogP contribution in [0.5, 0.6) is 0 Å². The Morgan fingerprint density at radius 3 is 2.29 bits per heavy atom. The van der Waals surface area contributed by atoms with Crippen LogP contribution < -0.4 is 10.6 Å². The monoisotopic (exact) mass is 508 g/mol. The van der Waals surface area contributed by atoms with Crippen molar-refractivity contribution in [3.63, 3.8) is 0 Å². The standard InChI is InChI=1S/C25H30Cl2N2O5/c1-25(2,3)34-24(32)28-16-18(30)10-6-7-14-33-22(31)15-17-9-4-5-13-21(17)29-23-19(26)11-8-12-20(23)27/h4-5,8-9,11-13,29H,6-7,10,14-16H2,1-3H3,(H,28,32). The Morgan fingerprint density at radius 2 is 1.62 bits per heavy atom. The third kappa shape index (κ3) is 10.0. The van der Waals surface area contributed by atoms with Crippen molar-refractivity contribution in [1.29, 1.82) is 0 Å². The predicted octanol–water partition coefficient (Wildman–Crippen LogP) is 6.09. The van der Waals surface area contributed by atoms with Gasteiger partial charge in [0.15, 0.2) is 5.78 Å². The van der Waals surface area contributed by atoms with Gasteiger partial charge >= 0.3 is 12.1 Å². The fourth-order valence-electron chi connectivity index (χ4n) is 2.94. The van der Waals surface area contributed by atoms with Gasteiger partial charge in [-0.05, 0) is 57.4 Å². The fourth-order valence-corrected chi connectivity index (χ4v) is 3.43. The Morgan fingerprint density at radius 1 is 0.941 bits per heavy atom. The molecule has 184 valence electrons. The molecule has 1 amide bonds. The van der Waals surface area contributed by atoms with Crippen LogP contribution in [0.1, 0.15) is 45.6 Å². The molecule has 2 N–H and O–H groups in total. The second-order valence-electron chi connectivity index (χ2n) is 8.63. The van der Waals surface area contributed by atoms with Crippen LogP contribution in [-0.4, -0.2) is 36.6 Å². The van der Waals surface area contributed by atoms with Crippen molar-refractivity contribution in [2.24, 2.45) is 0 Å². The smallest absolute Gasteiger partial charge is 0.408 e. The summed E-state index contributed by atoms with van der Waals surface area (Å²) in [6.45, 7) is 5.36. The third-order valence-corrected chi connectivity index (χ3v) is 5.15. The van der Waals surface area contributed by atoms with Gasteiger partial charge in [0, 0.05) is 12.1 Å². The van der Waals surface area contributed by atoms with E-state index >= 15 is 0 Å². The quantitative estimate of drug-likeness (QED) is 0.281. The number of amides is 1. The molecular weight excluding hydrogens is 479 g/mol. The molecule has 2 aromatic rings. The molecule has 0 saturated heterocycles. The minimum atomic E-state index is -0.624. The number of alkyl carbamates (subject to hydrolysis) is 1. The second kappa shape index (κ2) is 13.2. The number of carbonyl (C=O) groups excluding carboxylic acids is 3. The van der Waals surface area contributed by atoms with E-state index in [0.717, 1.165) is 5.56 Å². The summed E-state index contributed by atoms with van der Waals surface area (Å²) in [7, 11) is 0. The van der Waals surface area contributed by atoms with E-state index in [-0.39, 0.29) is 37.7 Å². The molecule has 0 atom stereocenters. The molecule has 9 heteroatoms. The van der Waals surface area contributed by atoms with Gasteiger partial charge in [-0.1, -0.05) is 47.5 Å². The Kier molecular flexibility index (Phi) is 10.7. The number of ketones is 1. The molecule has 0 heterocycles. The number of hydrogen-bond acceptors (Lipinski definition) is 6. The number of rotatable bonds is 11. The van der Waals surface area contributed by atoms with Gasteiger partial charge in [-0.3, -0.25) is 9.59 Å². The van der Waals surface area contributed by atoms with E-state index in [1.54, 1.807) is 39.0 Å². The summed E-state index contributed by atoms with van der Waals surface area (Å²) >= 11 is 12.5. The highest BCUT2D eigenvalue weighted by atomic mass is 35.5. The number of benzene rings is 2. The van der Waals surface area contributed by atoms with Crippen molar-refractivity contribution in [2.75, 3.05) is 18.5 Å². The zero-order chi connectivity index (χ0) is 25.1. The van der Waals surface area contributed by atoms with Crippen LogP contribution in [0.4, 0.5) is 16.2 Å². The lowest BCUT2D eigenvalue weighted by atomic mass is 10.1. The molecule has 34 heavy (non-hydrogen) atoms. The molecule has 0 aliphatic heterocycles. The van der Waals surface area contributed by atoms with E-state index in [1.165, 1.54) is 0 Å². The summed E-state index contributed by atoms with van der Waals surface area (Å²) in [5.74, 6) is -0.493. The van der Waals surface area contributed by atoms with Gasteiger partial charge in [0.2, 0.25) is 0 Å². The summed E-state index contributed by atoms with van der Waals surface area (Å²) in [5, 5.41) is 6.57. The molecular formula is C25H30Cl2N2O5. The highest BCUT2D eigenvalue weighted by molar-refractivity contribution is 6.39. The molecule has 0 spiro atoms. The van der Waals surface area contributed by atoms with Crippen molar-refractivity contribution < 1.29 is 23.9 Å². The predicted molar refractivity (Wildman–Crippen MR) is 134 cm³/mol. The van der Waals surface area contributed by atoms with Crippen LogP contribution in [0, 0.1) is 0 Å². The average Bonchev–Trinajstić information content (AvgIpc) is 2.74. The third-order valence-electron chi connectivity index (χ3n) is 4.52. The number of Topliss-reactive ketones (excluding diaryl/α,β-unsaturated/α-hetero) is 1. The number of ether oxygens (including phenoxy) is 2. The molecule has 0 fully saturated rings. The number of esters is 1. The average molecular weight is 509 g/mol.